The first-order valence-electron chi connectivity index (χ1n) is 9.69. The third kappa shape index (κ3) is 4.72. The van der Waals surface area contributed by atoms with Crippen LogP contribution in [0.1, 0.15) is 35.6 Å². The topological polar surface area (TPSA) is 112 Å². The number of esters is 2. The van der Waals surface area contributed by atoms with Gasteiger partial charge in [-0.05, 0) is 52.0 Å². The van der Waals surface area contributed by atoms with Gasteiger partial charge < -0.3 is 20.1 Å². The molecule has 0 bridgehead atoms. The second-order valence-corrected chi connectivity index (χ2v) is 7.33. The number of aryl methyl sites for hydroxylation is 1. The van der Waals surface area contributed by atoms with Crippen molar-refractivity contribution in [3.05, 3.63) is 57.5 Å². The van der Waals surface area contributed by atoms with E-state index in [2.05, 4.69) is 15.7 Å². The summed E-state index contributed by atoms with van der Waals surface area (Å²) in [5, 5.41) is 10.1. The second-order valence-electron chi connectivity index (χ2n) is 6.95. The number of nitrogens with one attached hydrogen (secondary N) is 2. The van der Waals surface area contributed by atoms with Gasteiger partial charge in [0.2, 0.25) is 0 Å². The fraction of sp³-hybridized carbons (Fsp3) is 0.333. The summed E-state index contributed by atoms with van der Waals surface area (Å²) in [6, 6.07) is 5.60. The molecule has 2 aromatic rings. The number of hydrogen-bond donors (Lipinski definition) is 2. The van der Waals surface area contributed by atoms with Gasteiger partial charge in [-0.2, -0.15) is 5.10 Å². The molecule has 0 spiro atoms. The fourth-order valence-electron chi connectivity index (χ4n) is 3.23. The van der Waals surface area contributed by atoms with Crippen LogP contribution >= 0.6 is 11.6 Å². The van der Waals surface area contributed by atoms with Crippen LogP contribution in [0.2, 0.25) is 5.02 Å². The number of urea groups is 1. The molecular formula is C21H23ClN4O5. The van der Waals surface area contributed by atoms with Crippen molar-refractivity contribution < 1.29 is 23.9 Å². The zero-order valence-electron chi connectivity index (χ0n) is 17.6. The molecule has 3 rings (SSSR count). The average Bonchev–Trinajstić information content (AvgIpc) is 2.99. The lowest BCUT2D eigenvalue weighted by molar-refractivity contribution is -0.139. The first kappa shape index (κ1) is 22.4. The first-order chi connectivity index (χ1) is 14.7. The minimum Gasteiger partial charge on any atom is -0.463 e. The molecule has 0 aliphatic carbocycles. The predicted octanol–water partition coefficient (Wildman–Crippen LogP) is 2.82. The molecular weight excluding hydrogens is 424 g/mol. The molecule has 0 saturated heterocycles. The van der Waals surface area contributed by atoms with Gasteiger partial charge in [0.05, 0.1) is 51.6 Å². The molecule has 164 valence electrons. The summed E-state index contributed by atoms with van der Waals surface area (Å²) < 4.78 is 12.1. The zero-order chi connectivity index (χ0) is 22.7. The van der Waals surface area contributed by atoms with Crippen LogP contribution in [-0.2, 0) is 14.3 Å². The van der Waals surface area contributed by atoms with Crippen LogP contribution in [-0.4, -0.2) is 47.0 Å². The summed E-state index contributed by atoms with van der Waals surface area (Å²) in [7, 11) is 0. The van der Waals surface area contributed by atoms with Gasteiger partial charge in [-0.1, -0.05) is 11.6 Å². The number of benzene rings is 1. The van der Waals surface area contributed by atoms with Crippen LogP contribution < -0.4 is 10.6 Å². The fourth-order valence-corrected chi connectivity index (χ4v) is 3.35. The molecule has 31 heavy (non-hydrogen) atoms. The van der Waals surface area contributed by atoms with E-state index in [1.165, 1.54) is 0 Å². The quantitative estimate of drug-likeness (QED) is 0.660. The van der Waals surface area contributed by atoms with E-state index in [1.54, 1.807) is 42.8 Å². The number of aromatic nitrogens is 2. The van der Waals surface area contributed by atoms with Gasteiger partial charge in [0.15, 0.2) is 0 Å². The number of rotatable bonds is 6. The Balaban J connectivity index is 1.74. The lowest BCUT2D eigenvalue weighted by atomic mass is 10.0. The van der Waals surface area contributed by atoms with E-state index in [4.69, 9.17) is 21.1 Å². The molecule has 1 atom stereocenters. The van der Waals surface area contributed by atoms with Crippen molar-refractivity contribution in [2.24, 2.45) is 0 Å². The molecule has 1 aliphatic rings. The highest BCUT2D eigenvalue weighted by Crippen LogP contribution is 2.22. The summed E-state index contributed by atoms with van der Waals surface area (Å²) in [6.45, 7) is 6.91. The Morgan fingerprint density at radius 1 is 1.16 bits per heavy atom. The third-order valence-electron chi connectivity index (χ3n) is 4.76. The van der Waals surface area contributed by atoms with Crippen molar-refractivity contribution >= 4 is 29.6 Å². The average molecular weight is 447 g/mol. The molecule has 2 N–H and O–H groups in total. The zero-order valence-corrected chi connectivity index (χ0v) is 18.4. The Kier molecular flexibility index (Phi) is 6.65. The van der Waals surface area contributed by atoms with E-state index in [-0.39, 0.29) is 24.5 Å². The molecule has 1 aliphatic heterocycles. The van der Waals surface area contributed by atoms with Gasteiger partial charge in [-0.3, -0.25) is 0 Å². The SMILES string of the molecule is CCOC(=O)C1=C(COC(=O)c2ccc(-n3nc(C)c(Cl)c3C)cc2)NC(=O)NC1C. The van der Waals surface area contributed by atoms with Crippen LogP contribution in [0.3, 0.4) is 0 Å². The highest BCUT2D eigenvalue weighted by molar-refractivity contribution is 6.31. The normalized spacial score (nSPS) is 15.9. The van der Waals surface area contributed by atoms with Gasteiger partial charge in [-0.25, -0.2) is 19.1 Å². The van der Waals surface area contributed by atoms with E-state index in [1.807, 2.05) is 13.8 Å². The van der Waals surface area contributed by atoms with Crippen LogP contribution in [0, 0.1) is 13.8 Å². The van der Waals surface area contributed by atoms with E-state index in [0.29, 0.717) is 16.3 Å². The molecule has 0 fully saturated rings. The molecule has 0 saturated carbocycles. The Morgan fingerprint density at radius 3 is 2.42 bits per heavy atom. The van der Waals surface area contributed by atoms with Gasteiger partial charge in [0, 0.05) is 0 Å². The number of ether oxygens (including phenoxy) is 2. The number of halogens is 1. The van der Waals surface area contributed by atoms with Gasteiger partial charge >= 0.3 is 18.0 Å². The van der Waals surface area contributed by atoms with Crippen LogP contribution in [0.5, 0.6) is 0 Å². The standard InChI is InChI=1S/C21H23ClN4O5/c1-5-30-20(28)17-11(2)23-21(29)24-16(17)10-31-19(27)14-6-8-15(9-7-14)26-13(4)18(22)12(3)25-26/h6-9,11H,5,10H2,1-4H3,(H2,23,24,29). The summed E-state index contributed by atoms with van der Waals surface area (Å²) in [6.07, 6.45) is 0. The summed E-state index contributed by atoms with van der Waals surface area (Å²) >= 11 is 6.19. The Morgan fingerprint density at radius 2 is 1.84 bits per heavy atom. The van der Waals surface area contributed by atoms with Gasteiger partial charge in [0.1, 0.15) is 6.61 Å². The Labute approximate surface area is 184 Å². The van der Waals surface area contributed by atoms with E-state index in [0.717, 1.165) is 11.4 Å². The van der Waals surface area contributed by atoms with Crippen LogP contribution in [0.15, 0.2) is 35.5 Å². The van der Waals surface area contributed by atoms with E-state index < -0.39 is 24.0 Å². The van der Waals surface area contributed by atoms with E-state index >= 15 is 0 Å². The molecule has 2 heterocycles. The van der Waals surface area contributed by atoms with Gasteiger partial charge in [-0.15, -0.1) is 0 Å². The van der Waals surface area contributed by atoms with Crippen molar-refractivity contribution in [2.75, 3.05) is 13.2 Å². The number of nitrogens with zero attached hydrogens (tertiary/aromatic N) is 2. The van der Waals surface area contributed by atoms with Crippen LogP contribution in [0.25, 0.3) is 5.69 Å². The van der Waals surface area contributed by atoms with Crippen LogP contribution in [0.4, 0.5) is 4.79 Å². The second kappa shape index (κ2) is 9.22. The molecule has 1 aromatic heterocycles. The molecule has 1 aromatic carbocycles. The largest absolute Gasteiger partial charge is 0.463 e. The number of amides is 2. The van der Waals surface area contributed by atoms with Crippen molar-refractivity contribution in [2.45, 2.75) is 33.7 Å². The van der Waals surface area contributed by atoms with Crippen molar-refractivity contribution in [3.63, 3.8) is 0 Å². The molecule has 10 heteroatoms. The maximum Gasteiger partial charge on any atom is 0.338 e. The predicted molar refractivity (Wildman–Crippen MR) is 113 cm³/mol. The van der Waals surface area contributed by atoms with Crippen molar-refractivity contribution in [1.82, 2.24) is 20.4 Å². The first-order valence-corrected chi connectivity index (χ1v) is 10.1. The monoisotopic (exact) mass is 446 g/mol. The summed E-state index contributed by atoms with van der Waals surface area (Å²) in [5.41, 5.74) is 2.97. The third-order valence-corrected chi connectivity index (χ3v) is 5.31. The van der Waals surface area contributed by atoms with Crippen molar-refractivity contribution in [1.29, 1.82) is 0 Å². The minimum atomic E-state index is -0.603. The summed E-state index contributed by atoms with van der Waals surface area (Å²) in [5.74, 6) is -1.18. The lowest BCUT2D eigenvalue weighted by Crippen LogP contribution is -2.50. The highest BCUT2D eigenvalue weighted by atomic mass is 35.5. The minimum absolute atomic E-state index is 0.183. The number of carbonyl (C=O) groups excluding carboxylic acids is 3. The maximum atomic E-state index is 12.5. The number of hydrogen-bond acceptors (Lipinski definition) is 6. The molecule has 0 radical (unpaired) electrons. The highest BCUT2D eigenvalue weighted by Gasteiger charge is 2.30. The molecule has 2 amide bonds. The maximum absolute atomic E-state index is 12.5. The van der Waals surface area contributed by atoms with E-state index in [9.17, 15) is 14.4 Å². The Hall–Kier alpha value is -3.33. The Bertz CT molecular complexity index is 1060. The molecule has 9 nitrogen and oxygen atoms in total. The smallest absolute Gasteiger partial charge is 0.338 e. The van der Waals surface area contributed by atoms with Crippen molar-refractivity contribution in [3.8, 4) is 5.69 Å². The van der Waals surface area contributed by atoms with Gasteiger partial charge in [0.25, 0.3) is 0 Å². The molecule has 1 unspecified atom stereocenters. The lowest BCUT2D eigenvalue weighted by Gasteiger charge is -2.26. The summed E-state index contributed by atoms with van der Waals surface area (Å²) in [4.78, 5) is 36.5. The number of carbonyl (C=O) groups is 3.